The number of hydrogen-bond donors (Lipinski definition) is 1. The van der Waals surface area contributed by atoms with E-state index >= 15 is 0 Å². The zero-order chi connectivity index (χ0) is 23.5. The molecule has 0 aliphatic carbocycles. The smallest absolute Gasteiger partial charge is 0.254 e. The first-order valence-corrected chi connectivity index (χ1v) is 12.9. The summed E-state index contributed by atoms with van der Waals surface area (Å²) in [5, 5.41) is 10.8. The van der Waals surface area contributed by atoms with Crippen molar-refractivity contribution >= 4 is 5.91 Å². The fourth-order valence-electron chi connectivity index (χ4n) is 5.62. The zero-order valence-electron chi connectivity index (χ0n) is 20.3. The molecule has 1 N–H and O–H groups in total. The van der Waals surface area contributed by atoms with Gasteiger partial charge in [0.1, 0.15) is 11.9 Å². The summed E-state index contributed by atoms with van der Waals surface area (Å²) in [6.07, 6.45) is 3.63. The van der Waals surface area contributed by atoms with Crippen molar-refractivity contribution in [1.29, 1.82) is 0 Å². The van der Waals surface area contributed by atoms with Gasteiger partial charge in [-0.3, -0.25) is 9.69 Å². The third-order valence-electron chi connectivity index (χ3n) is 7.64. The van der Waals surface area contributed by atoms with Crippen LogP contribution in [0.15, 0.2) is 42.5 Å². The number of likely N-dealkylation sites (tertiary alicyclic amines) is 1. The number of amides is 1. The van der Waals surface area contributed by atoms with E-state index in [0.29, 0.717) is 19.6 Å². The number of rotatable bonds is 7. The van der Waals surface area contributed by atoms with Crippen LogP contribution in [-0.4, -0.2) is 83.7 Å². The van der Waals surface area contributed by atoms with Gasteiger partial charge in [-0.05, 0) is 67.1 Å². The molecule has 0 aromatic heterocycles. The summed E-state index contributed by atoms with van der Waals surface area (Å²) in [4.78, 5) is 19.7. The summed E-state index contributed by atoms with van der Waals surface area (Å²) in [5.41, 5.74) is 4.56. The van der Waals surface area contributed by atoms with E-state index in [1.165, 1.54) is 11.1 Å². The Morgan fingerprint density at radius 1 is 0.941 bits per heavy atom. The minimum absolute atomic E-state index is 0.0205. The molecule has 3 heterocycles. The number of fused-ring (bicyclic) bond motifs is 2. The first-order valence-electron chi connectivity index (χ1n) is 12.9. The molecular weight excluding hydrogens is 426 g/mol. The molecule has 3 aliphatic rings. The number of piperidine rings is 1. The highest BCUT2D eigenvalue weighted by Crippen LogP contribution is 2.27. The second kappa shape index (κ2) is 10.5. The number of aliphatic hydroxyl groups is 1. The lowest BCUT2D eigenvalue weighted by Gasteiger charge is -2.34. The predicted molar refractivity (Wildman–Crippen MR) is 133 cm³/mol. The molecule has 0 bridgehead atoms. The van der Waals surface area contributed by atoms with Crippen molar-refractivity contribution in [3.63, 3.8) is 0 Å². The minimum atomic E-state index is -0.549. The van der Waals surface area contributed by atoms with E-state index in [1.54, 1.807) is 0 Å². The zero-order valence-corrected chi connectivity index (χ0v) is 20.3. The van der Waals surface area contributed by atoms with Crippen LogP contribution in [0.25, 0.3) is 0 Å². The molecule has 6 heteroatoms. The van der Waals surface area contributed by atoms with Gasteiger partial charge in [0.25, 0.3) is 5.91 Å². The van der Waals surface area contributed by atoms with E-state index in [2.05, 4.69) is 47.1 Å². The first kappa shape index (κ1) is 23.3. The minimum Gasteiger partial charge on any atom is -0.490 e. The second-order valence-corrected chi connectivity index (χ2v) is 9.98. The standard InChI is InChI=1S/C28H37N3O3/c1-2-29-14-11-25(12-15-29)34-26-7-8-27-22(17-26)10-16-31(28(27)33)20-24(32)19-30-13-9-21-5-3-4-6-23(21)18-30/h3-8,17,24-25,32H,2,9-16,18-20H2,1H3. The second-order valence-electron chi connectivity index (χ2n) is 9.98. The third-order valence-corrected chi connectivity index (χ3v) is 7.64. The predicted octanol–water partition coefficient (Wildman–Crippen LogP) is 2.97. The van der Waals surface area contributed by atoms with Crippen LogP contribution >= 0.6 is 0 Å². The molecule has 1 saturated heterocycles. The molecule has 182 valence electrons. The van der Waals surface area contributed by atoms with Crippen LogP contribution < -0.4 is 4.74 Å². The van der Waals surface area contributed by atoms with E-state index in [4.69, 9.17) is 4.74 Å². The average molecular weight is 464 g/mol. The van der Waals surface area contributed by atoms with E-state index in [1.807, 2.05) is 17.0 Å². The Balaban J connectivity index is 1.14. The highest BCUT2D eigenvalue weighted by Gasteiger charge is 2.28. The SMILES string of the molecule is CCN1CCC(Oc2ccc3c(c2)CCN(CC(O)CN2CCc4ccccc4C2)C3=O)CC1. The lowest BCUT2D eigenvalue weighted by molar-refractivity contribution is 0.0492. The third kappa shape index (κ3) is 5.29. The molecule has 5 rings (SSSR count). The van der Waals surface area contributed by atoms with Crippen LogP contribution in [-0.2, 0) is 19.4 Å². The van der Waals surface area contributed by atoms with Gasteiger partial charge in [-0.2, -0.15) is 0 Å². The van der Waals surface area contributed by atoms with Gasteiger partial charge < -0.3 is 19.6 Å². The van der Waals surface area contributed by atoms with E-state index < -0.39 is 6.10 Å². The van der Waals surface area contributed by atoms with E-state index in [0.717, 1.165) is 75.3 Å². The van der Waals surface area contributed by atoms with Crippen molar-refractivity contribution < 1.29 is 14.6 Å². The van der Waals surface area contributed by atoms with Crippen molar-refractivity contribution in [2.24, 2.45) is 0 Å². The first-order chi connectivity index (χ1) is 16.6. The number of nitrogens with zero attached hydrogens (tertiary/aromatic N) is 3. The van der Waals surface area contributed by atoms with Gasteiger partial charge in [-0.15, -0.1) is 0 Å². The highest BCUT2D eigenvalue weighted by molar-refractivity contribution is 5.97. The normalized spacial score (nSPS) is 20.6. The highest BCUT2D eigenvalue weighted by atomic mass is 16.5. The Bertz CT molecular complexity index is 1000. The Kier molecular flexibility index (Phi) is 7.18. The van der Waals surface area contributed by atoms with Crippen molar-refractivity contribution in [1.82, 2.24) is 14.7 Å². The molecule has 0 saturated carbocycles. The molecule has 1 fully saturated rings. The monoisotopic (exact) mass is 463 g/mol. The molecule has 1 atom stereocenters. The maximum Gasteiger partial charge on any atom is 0.254 e. The number of ether oxygens (including phenoxy) is 1. The number of benzene rings is 2. The summed E-state index contributed by atoms with van der Waals surface area (Å²) in [5.74, 6) is 0.896. The largest absolute Gasteiger partial charge is 0.490 e. The van der Waals surface area contributed by atoms with Crippen LogP contribution in [0, 0.1) is 0 Å². The maximum absolute atomic E-state index is 13.1. The van der Waals surface area contributed by atoms with Crippen LogP contribution in [0.3, 0.4) is 0 Å². The number of hydrogen-bond acceptors (Lipinski definition) is 5. The van der Waals surface area contributed by atoms with E-state index in [9.17, 15) is 9.90 Å². The number of β-amino-alcohol motifs (C(OH)–C–C–N with tert-alkyl or cyclic N) is 1. The molecular formula is C28H37N3O3. The molecule has 0 radical (unpaired) electrons. The molecule has 6 nitrogen and oxygen atoms in total. The van der Waals surface area contributed by atoms with Crippen LogP contribution in [0.4, 0.5) is 0 Å². The lowest BCUT2D eigenvalue weighted by Crippen LogP contribution is -2.46. The number of carbonyl (C=O) groups is 1. The summed E-state index contributed by atoms with van der Waals surface area (Å²) in [6, 6.07) is 14.4. The number of carbonyl (C=O) groups excluding carboxylic acids is 1. The van der Waals surface area contributed by atoms with Crippen LogP contribution in [0.2, 0.25) is 0 Å². The Morgan fingerprint density at radius 2 is 1.71 bits per heavy atom. The molecule has 0 spiro atoms. The van der Waals surface area contributed by atoms with Gasteiger partial charge in [0, 0.05) is 51.4 Å². The van der Waals surface area contributed by atoms with Crippen molar-refractivity contribution in [2.75, 3.05) is 45.8 Å². The van der Waals surface area contributed by atoms with Gasteiger partial charge in [-0.25, -0.2) is 0 Å². The van der Waals surface area contributed by atoms with Gasteiger partial charge in [0.15, 0.2) is 0 Å². The quantitative estimate of drug-likeness (QED) is 0.684. The van der Waals surface area contributed by atoms with Crippen molar-refractivity contribution in [3.05, 3.63) is 64.7 Å². The summed E-state index contributed by atoms with van der Waals surface area (Å²) < 4.78 is 6.25. The fourth-order valence-corrected chi connectivity index (χ4v) is 5.62. The molecule has 2 aromatic carbocycles. The Labute approximate surface area is 203 Å². The molecule has 34 heavy (non-hydrogen) atoms. The Hall–Kier alpha value is -2.41. The van der Waals surface area contributed by atoms with Gasteiger partial charge in [0.05, 0.1) is 6.10 Å². The Morgan fingerprint density at radius 3 is 2.50 bits per heavy atom. The molecule has 1 amide bonds. The number of aliphatic hydroxyl groups excluding tert-OH is 1. The maximum atomic E-state index is 13.1. The summed E-state index contributed by atoms with van der Waals surface area (Å²) in [6.45, 7) is 8.91. The van der Waals surface area contributed by atoms with Crippen molar-refractivity contribution in [3.8, 4) is 5.75 Å². The van der Waals surface area contributed by atoms with Crippen LogP contribution in [0.5, 0.6) is 5.75 Å². The fraction of sp³-hybridized carbons (Fsp3) is 0.536. The summed E-state index contributed by atoms with van der Waals surface area (Å²) in [7, 11) is 0. The molecule has 3 aliphatic heterocycles. The van der Waals surface area contributed by atoms with Crippen molar-refractivity contribution in [2.45, 2.75) is 51.4 Å². The lowest BCUT2D eigenvalue weighted by atomic mass is 9.98. The van der Waals surface area contributed by atoms with E-state index in [-0.39, 0.29) is 12.0 Å². The van der Waals surface area contributed by atoms with Gasteiger partial charge in [-0.1, -0.05) is 31.2 Å². The van der Waals surface area contributed by atoms with Gasteiger partial charge >= 0.3 is 0 Å². The topological polar surface area (TPSA) is 56.2 Å². The average Bonchev–Trinajstić information content (AvgIpc) is 2.86. The molecule has 1 unspecified atom stereocenters. The summed E-state index contributed by atoms with van der Waals surface area (Å²) >= 11 is 0. The molecule has 2 aromatic rings. The van der Waals surface area contributed by atoms with Gasteiger partial charge in [0.2, 0.25) is 0 Å². The van der Waals surface area contributed by atoms with Crippen LogP contribution in [0.1, 0.15) is 46.8 Å².